The van der Waals surface area contributed by atoms with Gasteiger partial charge in [-0.1, -0.05) is 36.4 Å². The second-order valence-corrected chi connectivity index (χ2v) is 7.27. The average molecular weight is 376 g/mol. The van der Waals surface area contributed by atoms with Gasteiger partial charge in [0.25, 0.3) is 0 Å². The molecule has 5 nitrogen and oxygen atoms in total. The number of hydrogen-bond acceptors (Lipinski definition) is 5. The quantitative estimate of drug-likeness (QED) is 0.499. The first-order valence-electron chi connectivity index (χ1n) is 9.17. The first-order chi connectivity index (χ1) is 13.4. The molecule has 3 aromatic carbocycles. The van der Waals surface area contributed by atoms with Crippen LogP contribution in [0, 0.1) is 5.21 Å². The molecule has 28 heavy (non-hydrogen) atoms. The van der Waals surface area contributed by atoms with Gasteiger partial charge < -0.3 is 20.2 Å². The monoisotopic (exact) mass is 376 g/mol. The van der Waals surface area contributed by atoms with E-state index in [-0.39, 0.29) is 16.8 Å². The van der Waals surface area contributed by atoms with Gasteiger partial charge in [0, 0.05) is 45.5 Å². The van der Waals surface area contributed by atoms with Crippen LogP contribution in [0.4, 0.5) is 17.1 Å². The van der Waals surface area contributed by atoms with Crippen LogP contribution in [0.1, 0.15) is 22.6 Å². The van der Waals surface area contributed by atoms with Crippen molar-refractivity contribution < 1.29 is 5.21 Å². The minimum absolute atomic E-state index is 0.0280. The maximum atomic E-state index is 11.1. The van der Waals surface area contributed by atoms with E-state index in [4.69, 9.17) is 5.21 Å². The highest BCUT2D eigenvalue weighted by atomic mass is 16.8. The lowest BCUT2D eigenvalue weighted by Gasteiger charge is -2.24. The van der Waals surface area contributed by atoms with Crippen LogP contribution in [0.3, 0.4) is 0 Å². The summed E-state index contributed by atoms with van der Waals surface area (Å²) in [5, 5.41) is 20.1. The van der Waals surface area contributed by atoms with E-state index in [1.165, 1.54) is 11.1 Å². The van der Waals surface area contributed by atoms with Crippen molar-refractivity contribution in [3.8, 4) is 0 Å². The Morgan fingerprint density at radius 2 is 0.857 bits per heavy atom. The molecule has 0 aromatic heterocycles. The van der Waals surface area contributed by atoms with Crippen molar-refractivity contribution in [1.29, 1.82) is 0 Å². The number of nitrogens with zero attached hydrogens (tertiary/aromatic N) is 3. The molecule has 0 bridgehead atoms. The molecule has 0 saturated heterocycles. The lowest BCUT2D eigenvalue weighted by molar-refractivity contribution is 0.296. The van der Waals surface area contributed by atoms with Gasteiger partial charge in [0.2, 0.25) is 0 Å². The van der Waals surface area contributed by atoms with Crippen LogP contribution in [0.15, 0.2) is 72.8 Å². The zero-order valence-electron chi connectivity index (χ0n) is 16.7. The average Bonchev–Trinajstić information content (AvgIpc) is 2.69. The van der Waals surface area contributed by atoms with Crippen molar-refractivity contribution in [2.45, 2.75) is 5.92 Å². The second-order valence-electron chi connectivity index (χ2n) is 7.27. The summed E-state index contributed by atoms with van der Waals surface area (Å²) in [7, 11) is 8.09. The SMILES string of the molecule is CN(C)c1ccc(C(c2ccc(N(C)C)cc2)c2ccc(N([O-])O)cc2)cc1. The van der Waals surface area contributed by atoms with Crippen molar-refractivity contribution in [3.05, 3.63) is 94.7 Å². The maximum absolute atomic E-state index is 11.1. The van der Waals surface area contributed by atoms with Gasteiger partial charge in [0.05, 0.1) is 5.69 Å². The van der Waals surface area contributed by atoms with E-state index in [2.05, 4.69) is 58.3 Å². The second kappa shape index (κ2) is 8.33. The molecule has 0 fully saturated rings. The number of rotatable bonds is 6. The highest BCUT2D eigenvalue weighted by Crippen LogP contribution is 2.34. The molecule has 0 spiro atoms. The maximum Gasteiger partial charge on any atom is 0.0508 e. The van der Waals surface area contributed by atoms with Crippen molar-refractivity contribution in [2.24, 2.45) is 0 Å². The summed E-state index contributed by atoms with van der Waals surface area (Å²) in [4.78, 5) is 4.15. The van der Waals surface area contributed by atoms with Crippen molar-refractivity contribution in [2.75, 3.05) is 43.2 Å². The number of hydrogen-bond donors (Lipinski definition) is 1. The molecule has 3 aromatic rings. The summed E-state index contributed by atoms with van der Waals surface area (Å²) in [6, 6.07) is 24.0. The van der Waals surface area contributed by atoms with E-state index in [0.29, 0.717) is 0 Å². The third-order valence-corrected chi connectivity index (χ3v) is 4.93. The van der Waals surface area contributed by atoms with E-state index in [1.807, 2.05) is 40.3 Å². The molecular weight excluding hydrogens is 350 g/mol. The van der Waals surface area contributed by atoms with E-state index in [1.54, 1.807) is 12.1 Å². The summed E-state index contributed by atoms with van der Waals surface area (Å²) in [6.45, 7) is 0. The molecular formula is C23H26N3O2-. The molecule has 3 rings (SSSR count). The van der Waals surface area contributed by atoms with E-state index in [9.17, 15) is 5.21 Å². The molecule has 0 saturated carbocycles. The third-order valence-electron chi connectivity index (χ3n) is 4.93. The van der Waals surface area contributed by atoms with Gasteiger partial charge >= 0.3 is 0 Å². The van der Waals surface area contributed by atoms with Gasteiger partial charge in [0.15, 0.2) is 0 Å². The summed E-state index contributed by atoms with van der Waals surface area (Å²) in [5.74, 6) is 0.0280. The Hall–Kier alpha value is -3.02. The fraction of sp³-hybridized carbons (Fsp3) is 0.217. The number of benzene rings is 3. The summed E-state index contributed by atoms with van der Waals surface area (Å²) < 4.78 is 0. The Labute approximate surface area is 166 Å². The Balaban J connectivity index is 2.04. The zero-order chi connectivity index (χ0) is 20.3. The van der Waals surface area contributed by atoms with Crippen LogP contribution in [0.5, 0.6) is 0 Å². The topological polar surface area (TPSA) is 53.0 Å². The normalized spacial score (nSPS) is 10.8. The summed E-state index contributed by atoms with van der Waals surface area (Å²) >= 11 is 0. The Morgan fingerprint density at radius 1 is 0.571 bits per heavy atom. The molecule has 0 radical (unpaired) electrons. The smallest absolute Gasteiger partial charge is 0.0508 e. The van der Waals surface area contributed by atoms with Crippen LogP contribution >= 0.6 is 0 Å². The Morgan fingerprint density at radius 3 is 1.11 bits per heavy atom. The van der Waals surface area contributed by atoms with Crippen LogP contribution < -0.4 is 15.0 Å². The summed E-state index contributed by atoms with van der Waals surface area (Å²) in [6.07, 6.45) is 0. The van der Waals surface area contributed by atoms with Crippen LogP contribution in [-0.2, 0) is 0 Å². The Bertz CT molecular complexity index is 764. The van der Waals surface area contributed by atoms with Crippen molar-refractivity contribution in [1.82, 2.24) is 0 Å². The molecule has 0 unspecified atom stereocenters. The fourth-order valence-corrected chi connectivity index (χ4v) is 3.30. The largest absolute Gasteiger partial charge is 0.733 e. The molecule has 0 heterocycles. The molecule has 5 heteroatoms. The van der Waals surface area contributed by atoms with Gasteiger partial charge in [-0.15, -0.1) is 0 Å². The van der Waals surface area contributed by atoms with Gasteiger partial charge in [0.1, 0.15) is 0 Å². The Kier molecular flexibility index (Phi) is 5.87. The minimum Gasteiger partial charge on any atom is -0.733 e. The molecule has 0 aliphatic carbocycles. The first kappa shape index (κ1) is 19.7. The van der Waals surface area contributed by atoms with Gasteiger partial charge in [-0.25, -0.2) is 0 Å². The molecule has 146 valence electrons. The predicted octanol–water partition coefficient (Wildman–Crippen LogP) is 4.69. The molecule has 0 atom stereocenters. The predicted molar refractivity (Wildman–Crippen MR) is 117 cm³/mol. The van der Waals surface area contributed by atoms with Gasteiger partial charge in [-0.3, -0.25) is 5.21 Å². The van der Waals surface area contributed by atoms with Gasteiger partial charge in [-0.05, 0) is 53.1 Å². The zero-order valence-corrected chi connectivity index (χ0v) is 16.7. The van der Waals surface area contributed by atoms with E-state index >= 15 is 0 Å². The lowest BCUT2D eigenvalue weighted by Crippen LogP contribution is -2.11. The van der Waals surface area contributed by atoms with Crippen molar-refractivity contribution >= 4 is 17.1 Å². The number of anilines is 3. The van der Waals surface area contributed by atoms with E-state index < -0.39 is 0 Å². The molecule has 0 aliphatic rings. The highest BCUT2D eigenvalue weighted by Gasteiger charge is 2.17. The minimum atomic E-state index is -0.115. The fourth-order valence-electron chi connectivity index (χ4n) is 3.30. The third kappa shape index (κ3) is 4.27. The van der Waals surface area contributed by atoms with E-state index in [0.717, 1.165) is 16.9 Å². The van der Waals surface area contributed by atoms with Gasteiger partial charge in [-0.2, -0.15) is 0 Å². The van der Waals surface area contributed by atoms with Crippen LogP contribution in [-0.4, -0.2) is 33.4 Å². The first-order valence-corrected chi connectivity index (χ1v) is 9.17. The highest BCUT2D eigenvalue weighted by molar-refractivity contribution is 5.55. The lowest BCUT2D eigenvalue weighted by atomic mass is 9.85. The molecule has 1 N–H and O–H groups in total. The molecule has 0 amide bonds. The summed E-state index contributed by atoms with van der Waals surface area (Å²) in [5.41, 5.74) is 5.89. The van der Waals surface area contributed by atoms with Crippen molar-refractivity contribution in [3.63, 3.8) is 0 Å². The molecule has 0 aliphatic heterocycles. The standard InChI is InChI=1S/C23H26N3O2/c1-24(2)20-11-5-17(6-12-20)23(18-7-13-21(14-8-18)25(3)4)19-9-15-22(16-10-19)26(27)28/h5-16,23,27H,1-4H3/q-1. The van der Waals surface area contributed by atoms with Crippen LogP contribution in [0.25, 0.3) is 0 Å². The van der Waals surface area contributed by atoms with Crippen LogP contribution in [0.2, 0.25) is 0 Å².